The van der Waals surface area contributed by atoms with Gasteiger partial charge in [0.05, 0.1) is 26.4 Å². The second kappa shape index (κ2) is 20.3. The Hall–Kier alpha value is -4.30. The van der Waals surface area contributed by atoms with Crippen LogP contribution in [0.15, 0.2) is 66.7 Å². The van der Waals surface area contributed by atoms with Crippen LogP contribution in [0.5, 0.6) is 5.75 Å². The number of benzene rings is 3. The number of aliphatic hydroxyl groups excluding tert-OH is 2. The lowest BCUT2D eigenvalue weighted by Gasteiger charge is -2.62. The number of para-hydroxylation sites is 1. The number of nitrogens with zero attached hydrogens (tertiary/aromatic N) is 3. The average molecular weight is 931 g/mol. The monoisotopic (exact) mass is 930 g/mol. The van der Waals surface area contributed by atoms with Crippen LogP contribution in [0.4, 0.5) is 18.9 Å². The molecule has 4 aliphatic rings. The number of rotatable bonds is 19. The molecule has 0 aromatic heterocycles. The molecule has 1 aliphatic heterocycles. The standard InChI is InChI=1S/C47H65F3N6O8S/c1-28-38-23-34(46(38,3)4)24-39(28)53-45(60)42-41(29(2)58)40(27-57)64-56(42)25-31-15-12-16-37(43(31)63-8)32-20-33(22-36(21-32)55(7)18-17-51-65(61,62)47(48,49)50)44(59)52-35(26-54(5)6)19-30-13-10-9-11-14-30/h9-16,20-22,28-29,34-35,38-42,51,57-58H,17-19,23-27H2,1-8H3,(H,52,59)(H,53,60)/t28-,29-,34?,35-,38-,39-,40-,41+,42-/m0/s1. The summed E-state index contributed by atoms with van der Waals surface area (Å²) in [6.07, 6.45) is 0.649. The molecule has 5 N–H and O–H groups in total. The zero-order chi connectivity index (χ0) is 47.6. The van der Waals surface area contributed by atoms with Crippen LogP contribution in [-0.4, -0.2) is 131 Å². The van der Waals surface area contributed by atoms with Crippen molar-refractivity contribution < 1.29 is 51.0 Å². The van der Waals surface area contributed by atoms with E-state index >= 15 is 0 Å². The summed E-state index contributed by atoms with van der Waals surface area (Å²) >= 11 is 0. The SMILES string of the molecule is COc1c(CN2O[C@@H](CO)[C@@H]([C@H](C)O)[C@H]2C(=O)N[C@H]2CC3C[C@@H]([C@@H]2C)C3(C)C)cccc1-c1cc(C(=O)N[C@@H](Cc2ccccc2)CN(C)C)cc(N(C)CCNS(=O)(=O)C(F)(F)F)c1. The fourth-order valence-corrected chi connectivity index (χ4v) is 10.8. The topological polar surface area (TPSA) is 173 Å². The molecule has 3 aliphatic carbocycles. The first-order valence-corrected chi connectivity index (χ1v) is 23.6. The molecule has 3 aromatic carbocycles. The molecule has 65 heavy (non-hydrogen) atoms. The van der Waals surface area contributed by atoms with Crippen molar-refractivity contribution in [3.05, 3.63) is 83.4 Å². The van der Waals surface area contributed by atoms with Crippen molar-refractivity contribution in [3.8, 4) is 16.9 Å². The fourth-order valence-electron chi connectivity index (χ4n) is 10.3. The van der Waals surface area contributed by atoms with Gasteiger partial charge in [0.2, 0.25) is 5.91 Å². The van der Waals surface area contributed by atoms with Crippen LogP contribution >= 0.6 is 0 Å². The van der Waals surface area contributed by atoms with E-state index in [1.807, 2.05) is 49.3 Å². The number of alkyl halides is 3. The minimum atomic E-state index is -5.59. The Kier molecular flexibility index (Phi) is 15.6. The molecule has 14 nitrogen and oxygen atoms in total. The largest absolute Gasteiger partial charge is 0.511 e. The fraction of sp³-hybridized carbons (Fsp3) is 0.574. The maximum absolute atomic E-state index is 14.4. The molecule has 2 bridgehead atoms. The Balaban J connectivity index is 1.33. The van der Waals surface area contributed by atoms with Crippen LogP contribution < -0.4 is 25.0 Å². The van der Waals surface area contributed by atoms with Gasteiger partial charge in [-0.3, -0.25) is 14.4 Å². The van der Waals surface area contributed by atoms with Crippen LogP contribution in [0, 0.1) is 29.1 Å². The van der Waals surface area contributed by atoms with E-state index in [2.05, 4.69) is 31.4 Å². The van der Waals surface area contributed by atoms with Crippen molar-refractivity contribution >= 4 is 27.5 Å². The molecule has 1 saturated heterocycles. The first kappa shape index (κ1) is 50.1. The van der Waals surface area contributed by atoms with E-state index in [0.717, 1.165) is 18.4 Å². The van der Waals surface area contributed by atoms with Gasteiger partial charge in [-0.05, 0) is 92.8 Å². The number of halogens is 3. The maximum Gasteiger partial charge on any atom is 0.511 e. The number of nitrogens with one attached hydrogen (secondary N) is 3. The lowest BCUT2D eigenvalue weighted by atomic mass is 9.45. The summed E-state index contributed by atoms with van der Waals surface area (Å²) in [5.74, 6) is 0.123. The summed E-state index contributed by atoms with van der Waals surface area (Å²) in [5.41, 5.74) is -2.00. The number of sulfonamides is 1. The Morgan fingerprint density at radius 2 is 1.75 bits per heavy atom. The number of likely N-dealkylation sites (N-methyl/N-ethyl adjacent to an activating group) is 2. The number of aliphatic hydroxyl groups is 2. The second-order valence-corrected chi connectivity index (χ2v) is 20.6. The summed E-state index contributed by atoms with van der Waals surface area (Å²) in [6, 6.07) is 18.7. The summed E-state index contributed by atoms with van der Waals surface area (Å²) in [7, 11) is 1.27. The van der Waals surface area contributed by atoms with Gasteiger partial charge < -0.3 is 35.4 Å². The number of hydrogen-bond donors (Lipinski definition) is 5. The van der Waals surface area contributed by atoms with Crippen molar-refractivity contribution in [2.24, 2.45) is 29.1 Å². The molecule has 1 heterocycles. The van der Waals surface area contributed by atoms with Gasteiger partial charge in [-0.2, -0.15) is 18.2 Å². The first-order valence-electron chi connectivity index (χ1n) is 22.2. The smallest absolute Gasteiger partial charge is 0.496 e. The summed E-state index contributed by atoms with van der Waals surface area (Å²) in [4.78, 5) is 38.4. The van der Waals surface area contributed by atoms with Crippen LogP contribution in [0.25, 0.3) is 11.1 Å². The Bertz CT molecular complexity index is 2250. The molecule has 0 spiro atoms. The third-order valence-electron chi connectivity index (χ3n) is 13.9. The normalized spacial score (nSPS) is 25.1. The van der Waals surface area contributed by atoms with Crippen LogP contribution in [-0.2, 0) is 32.6 Å². The van der Waals surface area contributed by atoms with Gasteiger partial charge in [0.25, 0.3) is 5.91 Å². The highest BCUT2D eigenvalue weighted by atomic mass is 32.2. The van der Waals surface area contributed by atoms with Gasteiger partial charge in [-0.1, -0.05) is 69.3 Å². The van der Waals surface area contributed by atoms with Crippen molar-refractivity contribution in [3.63, 3.8) is 0 Å². The third kappa shape index (κ3) is 11.1. The highest BCUT2D eigenvalue weighted by molar-refractivity contribution is 7.90. The van der Waals surface area contributed by atoms with E-state index in [4.69, 9.17) is 9.57 Å². The Labute approximate surface area is 380 Å². The van der Waals surface area contributed by atoms with E-state index in [1.165, 1.54) is 12.2 Å². The molecule has 1 unspecified atom stereocenters. The Morgan fingerprint density at radius 1 is 1.05 bits per heavy atom. The number of ether oxygens (including phenoxy) is 1. The predicted octanol–water partition coefficient (Wildman–Crippen LogP) is 4.80. The zero-order valence-corrected chi connectivity index (χ0v) is 39.2. The first-order chi connectivity index (χ1) is 30.6. The minimum absolute atomic E-state index is 0.00527. The summed E-state index contributed by atoms with van der Waals surface area (Å²) in [6.45, 7) is 7.67. The van der Waals surface area contributed by atoms with E-state index in [1.54, 1.807) is 60.0 Å². The molecule has 0 radical (unpaired) electrons. The summed E-state index contributed by atoms with van der Waals surface area (Å²) < 4.78 is 70.6. The molecule has 4 fully saturated rings. The second-order valence-electron chi connectivity index (χ2n) is 18.9. The molecule has 358 valence electrons. The minimum Gasteiger partial charge on any atom is -0.496 e. The zero-order valence-electron chi connectivity index (χ0n) is 38.4. The van der Waals surface area contributed by atoms with Crippen LogP contribution in [0.3, 0.4) is 0 Å². The van der Waals surface area contributed by atoms with E-state index in [9.17, 15) is 41.4 Å². The third-order valence-corrected chi connectivity index (χ3v) is 15.1. The molecule has 7 rings (SSSR count). The quantitative estimate of drug-likeness (QED) is 0.112. The Morgan fingerprint density at radius 3 is 2.35 bits per heavy atom. The molecule has 9 atom stereocenters. The molecule has 18 heteroatoms. The number of amides is 2. The van der Waals surface area contributed by atoms with Crippen molar-refractivity contribution in [2.45, 2.75) is 89.3 Å². The average Bonchev–Trinajstić information content (AvgIpc) is 3.62. The lowest BCUT2D eigenvalue weighted by Crippen LogP contribution is -2.62. The van der Waals surface area contributed by atoms with Gasteiger partial charge in [0, 0.05) is 67.1 Å². The number of hydroxylamine groups is 2. The number of methoxy groups -OCH3 is 1. The van der Waals surface area contributed by atoms with Crippen molar-refractivity contribution in [1.82, 2.24) is 25.3 Å². The maximum atomic E-state index is 14.4. The highest BCUT2D eigenvalue weighted by Crippen LogP contribution is 2.61. The molecular weight excluding hydrogens is 866 g/mol. The van der Waals surface area contributed by atoms with E-state index in [0.29, 0.717) is 52.9 Å². The highest BCUT2D eigenvalue weighted by Gasteiger charge is 2.57. The molecule has 2 amide bonds. The molecule has 3 aromatic rings. The van der Waals surface area contributed by atoms with Gasteiger partial charge in [0.15, 0.2) is 0 Å². The molecular formula is C47H65F3N6O8S. The number of carbonyl (C=O) groups is 2. The summed E-state index contributed by atoms with van der Waals surface area (Å²) in [5, 5.41) is 29.4. The number of carbonyl (C=O) groups excluding carboxylic acids is 2. The van der Waals surface area contributed by atoms with Gasteiger partial charge >= 0.3 is 15.5 Å². The number of hydrogen-bond acceptors (Lipinski definition) is 11. The van der Waals surface area contributed by atoms with Gasteiger partial charge in [0.1, 0.15) is 17.9 Å². The van der Waals surface area contributed by atoms with E-state index < -0.39 is 58.8 Å². The number of fused-ring (bicyclic) bond motifs is 2. The van der Waals surface area contributed by atoms with E-state index in [-0.39, 0.29) is 48.0 Å². The van der Waals surface area contributed by atoms with Crippen LogP contribution in [0.1, 0.15) is 62.0 Å². The molecule has 3 saturated carbocycles. The predicted molar refractivity (Wildman–Crippen MR) is 242 cm³/mol. The lowest BCUT2D eigenvalue weighted by molar-refractivity contribution is -0.183. The van der Waals surface area contributed by atoms with Gasteiger partial charge in [-0.25, -0.2) is 13.1 Å². The van der Waals surface area contributed by atoms with Crippen LogP contribution in [0.2, 0.25) is 0 Å². The van der Waals surface area contributed by atoms with Crippen molar-refractivity contribution in [2.75, 3.05) is 59.4 Å². The number of anilines is 1. The van der Waals surface area contributed by atoms with Gasteiger partial charge in [-0.15, -0.1) is 0 Å². The van der Waals surface area contributed by atoms with Crippen molar-refractivity contribution in [1.29, 1.82) is 0 Å².